The Morgan fingerprint density at radius 3 is 2.59 bits per heavy atom. The maximum atomic E-state index is 12.0. The van der Waals surface area contributed by atoms with Gasteiger partial charge in [0.15, 0.2) is 0 Å². The number of benzene rings is 1. The Morgan fingerprint density at radius 2 is 2.14 bits per heavy atom. The molecule has 0 saturated carbocycles. The summed E-state index contributed by atoms with van der Waals surface area (Å²) in [4.78, 5) is 23.0. The van der Waals surface area contributed by atoms with Crippen LogP contribution in [-0.4, -0.2) is 44.2 Å². The van der Waals surface area contributed by atoms with Gasteiger partial charge in [-0.3, -0.25) is 14.1 Å². The Morgan fingerprint density at radius 1 is 1.50 bits per heavy atom. The van der Waals surface area contributed by atoms with Crippen LogP contribution < -0.4 is 40.2 Å². The first kappa shape index (κ1) is 19.1. The standard InChI is InChI=1S/C12H14N2O6S.Na.H/c1-20-12(7-13-11(12)16)14-10(15)6-8-4-2-3-5-9(8)21(17,18)19;;/h2-5H,6-7H2,1H3,(H,13,16)(H,14,15)(H,17,18,19);;/q;+1;-1. The first-order valence-corrected chi connectivity index (χ1v) is 7.42. The van der Waals surface area contributed by atoms with E-state index in [-0.39, 0.29) is 54.4 Å². The maximum Gasteiger partial charge on any atom is 1.00 e. The molecule has 22 heavy (non-hydrogen) atoms. The van der Waals surface area contributed by atoms with Gasteiger partial charge in [0.05, 0.1) is 17.9 Å². The van der Waals surface area contributed by atoms with Crippen molar-refractivity contribution < 1.29 is 58.3 Å². The van der Waals surface area contributed by atoms with Crippen LogP contribution in [0.3, 0.4) is 0 Å². The molecule has 1 unspecified atom stereocenters. The van der Waals surface area contributed by atoms with Crippen LogP contribution in [0.5, 0.6) is 0 Å². The molecule has 1 aliphatic rings. The molecule has 1 atom stereocenters. The fraction of sp³-hybridized carbons (Fsp3) is 0.333. The summed E-state index contributed by atoms with van der Waals surface area (Å²) in [6, 6.07) is 5.57. The van der Waals surface area contributed by atoms with Crippen LogP contribution in [-0.2, 0) is 30.9 Å². The number of amides is 2. The molecule has 0 aromatic heterocycles. The van der Waals surface area contributed by atoms with Crippen molar-refractivity contribution in [1.82, 2.24) is 10.6 Å². The monoisotopic (exact) mass is 338 g/mol. The number of nitrogens with one attached hydrogen (secondary N) is 2. The van der Waals surface area contributed by atoms with E-state index in [1.165, 1.54) is 25.3 Å². The first-order valence-electron chi connectivity index (χ1n) is 5.98. The topological polar surface area (TPSA) is 122 Å². The van der Waals surface area contributed by atoms with Crippen molar-refractivity contribution >= 4 is 21.9 Å². The molecule has 0 spiro atoms. The van der Waals surface area contributed by atoms with Gasteiger partial charge in [-0.1, -0.05) is 18.2 Å². The molecule has 1 aromatic carbocycles. The van der Waals surface area contributed by atoms with Crippen LogP contribution in [0, 0.1) is 0 Å². The number of rotatable bonds is 5. The summed E-state index contributed by atoms with van der Waals surface area (Å²) >= 11 is 0. The van der Waals surface area contributed by atoms with E-state index in [0.717, 1.165) is 0 Å². The van der Waals surface area contributed by atoms with E-state index in [0.29, 0.717) is 0 Å². The van der Waals surface area contributed by atoms with E-state index in [9.17, 15) is 18.0 Å². The summed E-state index contributed by atoms with van der Waals surface area (Å²) in [5.74, 6) is -1.07. The van der Waals surface area contributed by atoms with Crippen molar-refractivity contribution in [3.63, 3.8) is 0 Å². The summed E-state index contributed by atoms with van der Waals surface area (Å²) in [6.07, 6.45) is -0.311. The van der Waals surface area contributed by atoms with E-state index < -0.39 is 27.7 Å². The van der Waals surface area contributed by atoms with E-state index >= 15 is 0 Å². The number of methoxy groups -OCH3 is 1. The molecule has 8 nitrogen and oxygen atoms in total. The van der Waals surface area contributed by atoms with E-state index in [1.807, 2.05) is 0 Å². The van der Waals surface area contributed by atoms with Gasteiger partial charge in [-0.15, -0.1) is 0 Å². The number of carbonyl (C=O) groups is 2. The van der Waals surface area contributed by atoms with Gasteiger partial charge in [-0.2, -0.15) is 8.42 Å². The van der Waals surface area contributed by atoms with Gasteiger partial charge in [0.2, 0.25) is 11.6 Å². The minimum Gasteiger partial charge on any atom is -1.00 e. The van der Waals surface area contributed by atoms with Crippen LogP contribution in [0.25, 0.3) is 0 Å². The fourth-order valence-corrected chi connectivity index (χ4v) is 2.70. The molecule has 1 aromatic rings. The van der Waals surface area contributed by atoms with Crippen molar-refractivity contribution in [2.24, 2.45) is 0 Å². The zero-order chi connectivity index (χ0) is 15.7. The van der Waals surface area contributed by atoms with Crippen LogP contribution in [0.4, 0.5) is 0 Å². The second kappa shape index (κ2) is 7.07. The van der Waals surface area contributed by atoms with Crippen molar-refractivity contribution in [1.29, 1.82) is 0 Å². The summed E-state index contributed by atoms with van der Waals surface area (Å²) in [5.41, 5.74) is -1.28. The normalized spacial score (nSPS) is 20.4. The SMILES string of the molecule is COC1(NC(=O)Cc2ccccc2S(=O)(=O)O)CNC1=O.[H-].[Na+]. The molecule has 10 heteroatoms. The molecule has 1 fully saturated rings. The third kappa shape index (κ3) is 3.86. The molecule has 1 heterocycles. The zero-order valence-corrected chi connectivity index (χ0v) is 14.9. The minimum absolute atomic E-state index is 0. The average Bonchev–Trinajstić information content (AvgIpc) is 2.42. The van der Waals surface area contributed by atoms with Crippen LogP contribution in [0.2, 0.25) is 0 Å². The van der Waals surface area contributed by atoms with Crippen LogP contribution >= 0.6 is 0 Å². The number of ether oxygens (including phenoxy) is 1. The Labute approximate surface area is 151 Å². The minimum atomic E-state index is -4.42. The third-order valence-corrected chi connectivity index (χ3v) is 4.11. The summed E-state index contributed by atoms with van der Waals surface area (Å²) < 4.78 is 36.6. The molecule has 116 valence electrons. The van der Waals surface area contributed by atoms with E-state index in [2.05, 4.69) is 10.6 Å². The van der Waals surface area contributed by atoms with Crippen molar-refractivity contribution in [3.05, 3.63) is 29.8 Å². The largest absolute Gasteiger partial charge is 1.00 e. The number of β-lactam (4-membered cyclic amide) rings is 1. The van der Waals surface area contributed by atoms with E-state index in [1.54, 1.807) is 6.07 Å². The Bertz CT molecular complexity index is 695. The Kier molecular flexibility index (Phi) is 6.13. The second-order valence-corrected chi connectivity index (χ2v) is 5.91. The maximum absolute atomic E-state index is 12.0. The van der Waals surface area contributed by atoms with Crippen molar-refractivity contribution in [3.8, 4) is 0 Å². The number of carbonyl (C=O) groups excluding carboxylic acids is 2. The van der Waals surface area contributed by atoms with Crippen LogP contribution in [0.1, 0.15) is 6.99 Å². The molecular weight excluding hydrogens is 323 g/mol. The van der Waals surface area contributed by atoms with Gasteiger partial charge in [0.1, 0.15) is 0 Å². The smallest absolute Gasteiger partial charge is 1.00 e. The predicted octanol–water partition coefficient (Wildman–Crippen LogP) is -3.82. The van der Waals surface area contributed by atoms with Gasteiger partial charge in [-0.25, -0.2) is 0 Å². The molecule has 2 rings (SSSR count). The van der Waals surface area contributed by atoms with Crippen molar-refractivity contribution in [2.45, 2.75) is 17.0 Å². The molecule has 0 bridgehead atoms. The summed E-state index contributed by atoms with van der Waals surface area (Å²) in [7, 11) is -3.14. The van der Waals surface area contributed by atoms with Gasteiger partial charge < -0.3 is 16.8 Å². The number of hydrogen-bond donors (Lipinski definition) is 3. The molecule has 0 aliphatic carbocycles. The Hall–Kier alpha value is -0.970. The zero-order valence-electron chi connectivity index (χ0n) is 13.1. The van der Waals surface area contributed by atoms with Crippen LogP contribution in [0.15, 0.2) is 29.2 Å². The van der Waals surface area contributed by atoms with Gasteiger partial charge in [0, 0.05) is 7.11 Å². The molecule has 3 N–H and O–H groups in total. The Balaban J connectivity index is 0.00000242. The average molecular weight is 338 g/mol. The van der Waals surface area contributed by atoms with E-state index in [4.69, 9.17) is 9.29 Å². The molecule has 0 radical (unpaired) electrons. The second-order valence-electron chi connectivity index (χ2n) is 4.52. The molecule has 1 saturated heterocycles. The summed E-state index contributed by atoms with van der Waals surface area (Å²) in [6.45, 7) is 0.133. The quantitative estimate of drug-likeness (QED) is 0.219. The fourth-order valence-electron chi connectivity index (χ4n) is 1.98. The molecule has 2 amide bonds. The van der Waals surface area contributed by atoms with Gasteiger partial charge in [-0.05, 0) is 11.6 Å². The molecule has 1 aliphatic heterocycles. The number of hydrogen-bond acceptors (Lipinski definition) is 5. The third-order valence-electron chi connectivity index (χ3n) is 3.16. The summed E-state index contributed by atoms with van der Waals surface area (Å²) in [5, 5.41) is 4.85. The van der Waals surface area contributed by atoms with Gasteiger partial charge in [0.25, 0.3) is 16.0 Å². The van der Waals surface area contributed by atoms with Gasteiger partial charge >= 0.3 is 29.6 Å². The van der Waals surface area contributed by atoms with Crippen molar-refractivity contribution in [2.75, 3.05) is 13.7 Å². The molecular formula is C12H15N2NaO6S. The predicted molar refractivity (Wildman–Crippen MR) is 72.0 cm³/mol. The first-order chi connectivity index (χ1) is 9.78.